The summed E-state index contributed by atoms with van der Waals surface area (Å²) in [6.07, 6.45) is -3.03. The van der Waals surface area contributed by atoms with Crippen molar-refractivity contribution in [1.82, 2.24) is 19.7 Å². The predicted molar refractivity (Wildman–Crippen MR) is 97.3 cm³/mol. The van der Waals surface area contributed by atoms with Crippen molar-refractivity contribution in [2.45, 2.75) is 32.5 Å². The maximum atomic E-state index is 12.7. The van der Waals surface area contributed by atoms with E-state index in [0.717, 1.165) is 0 Å². The van der Waals surface area contributed by atoms with Gasteiger partial charge in [-0.2, -0.15) is 0 Å². The number of aromatic nitrogens is 3. The zero-order chi connectivity index (χ0) is 20.6. The standard InChI is InChI=1S/C18H16F3N5O3/c1-2-14-22-16(29-24-14)10-26-17(27)25-9-12(5-8-15(25)23-26)11-3-6-13(7-4-11)28-18(19,20)21/h3-9,16H,2,10H2,1H3,(H,22,24). The number of hydroxylamine groups is 1. The number of alkyl halides is 3. The molecule has 29 heavy (non-hydrogen) atoms. The van der Waals surface area contributed by atoms with Crippen LogP contribution in [-0.2, 0) is 11.4 Å². The largest absolute Gasteiger partial charge is 0.573 e. The van der Waals surface area contributed by atoms with Gasteiger partial charge in [0.2, 0.25) is 0 Å². The summed E-state index contributed by atoms with van der Waals surface area (Å²) < 4.78 is 43.3. The molecule has 3 aromatic rings. The molecule has 0 saturated carbocycles. The Morgan fingerprint density at radius 2 is 1.90 bits per heavy atom. The molecule has 0 amide bonds. The normalized spacial score (nSPS) is 16.7. The Morgan fingerprint density at radius 1 is 1.17 bits per heavy atom. The van der Waals surface area contributed by atoms with Crippen molar-refractivity contribution in [3.05, 3.63) is 53.1 Å². The quantitative estimate of drug-likeness (QED) is 0.703. The van der Waals surface area contributed by atoms with Crippen molar-refractivity contribution in [3.63, 3.8) is 0 Å². The Balaban J connectivity index is 1.59. The molecular weight excluding hydrogens is 391 g/mol. The summed E-state index contributed by atoms with van der Waals surface area (Å²) in [6, 6.07) is 8.78. The van der Waals surface area contributed by atoms with Gasteiger partial charge in [-0.15, -0.1) is 18.3 Å². The lowest BCUT2D eigenvalue weighted by Gasteiger charge is -2.09. The molecule has 0 aliphatic carbocycles. The summed E-state index contributed by atoms with van der Waals surface area (Å²) in [5.41, 5.74) is 4.03. The lowest BCUT2D eigenvalue weighted by molar-refractivity contribution is -0.274. The number of aliphatic imine (C=N–C) groups is 1. The first kappa shape index (κ1) is 19.0. The van der Waals surface area contributed by atoms with Crippen LogP contribution < -0.4 is 15.9 Å². The molecule has 11 heteroatoms. The van der Waals surface area contributed by atoms with E-state index >= 15 is 0 Å². The third-order valence-corrected chi connectivity index (χ3v) is 4.27. The maximum Gasteiger partial charge on any atom is 0.573 e. The molecule has 152 valence electrons. The number of halogens is 3. The minimum atomic E-state index is -4.75. The zero-order valence-electron chi connectivity index (χ0n) is 15.2. The van der Waals surface area contributed by atoms with E-state index < -0.39 is 12.6 Å². The van der Waals surface area contributed by atoms with E-state index in [4.69, 9.17) is 4.84 Å². The molecule has 4 rings (SSSR count). The summed E-state index contributed by atoms with van der Waals surface area (Å²) in [7, 11) is 0. The van der Waals surface area contributed by atoms with Crippen LogP contribution in [0.1, 0.15) is 13.3 Å². The molecule has 3 heterocycles. The molecule has 0 saturated heterocycles. The van der Waals surface area contributed by atoms with Crippen LogP contribution in [0.4, 0.5) is 13.2 Å². The summed E-state index contributed by atoms with van der Waals surface area (Å²) >= 11 is 0. The molecule has 0 radical (unpaired) electrons. The van der Waals surface area contributed by atoms with Gasteiger partial charge in [-0.05, 0) is 35.4 Å². The molecule has 0 spiro atoms. The molecule has 0 fully saturated rings. The number of hydrogen-bond acceptors (Lipinski definition) is 6. The first-order valence-corrected chi connectivity index (χ1v) is 8.76. The van der Waals surface area contributed by atoms with Gasteiger partial charge in [0.25, 0.3) is 0 Å². The van der Waals surface area contributed by atoms with E-state index in [9.17, 15) is 18.0 Å². The SMILES string of the molecule is CCC1=NC(Cn2nc3ccc(-c4ccc(OC(F)(F)F)cc4)cn3c2=O)ON1. The van der Waals surface area contributed by atoms with Crippen molar-refractivity contribution in [2.24, 2.45) is 4.99 Å². The van der Waals surface area contributed by atoms with Crippen molar-refractivity contribution in [2.75, 3.05) is 0 Å². The number of rotatable bonds is 5. The average molecular weight is 407 g/mol. The molecule has 8 nitrogen and oxygen atoms in total. The van der Waals surface area contributed by atoms with Crippen LogP contribution in [0.15, 0.2) is 52.4 Å². The second-order valence-corrected chi connectivity index (χ2v) is 6.29. The van der Waals surface area contributed by atoms with E-state index in [1.807, 2.05) is 6.92 Å². The minimum Gasteiger partial charge on any atom is -0.406 e. The third-order valence-electron chi connectivity index (χ3n) is 4.27. The van der Waals surface area contributed by atoms with Crippen molar-refractivity contribution in [3.8, 4) is 16.9 Å². The predicted octanol–water partition coefficient (Wildman–Crippen LogP) is 2.73. The first-order chi connectivity index (χ1) is 13.8. The van der Waals surface area contributed by atoms with Crippen molar-refractivity contribution in [1.29, 1.82) is 0 Å². The Morgan fingerprint density at radius 3 is 2.55 bits per heavy atom. The molecule has 1 N–H and O–H groups in total. The number of benzene rings is 1. The van der Waals surface area contributed by atoms with E-state index in [-0.39, 0.29) is 18.0 Å². The van der Waals surface area contributed by atoms with Crippen molar-refractivity contribution >= 4 is 11.5 Å². The van der Waals surface area contributed by atoms with Gasteiger partial charge in [-0.25, -0.2) is 23.7 Å². The number of pyridine rings is 1. The van der Waals surface area contributed by atoms with Crippen LogP contribution in [0, 0.1) is 0 Å². The summed E-state index contributed by atoms with van der Waals surface area (Å²) in [6.45, 7) is 2.08. The van der Waals surface area contributed by atoms with Gasteiger partial charge in [-0.1, -0.05) is 19.1 Å². The molecular formula is C18H16F3N5O3. The Labute approximate surface area is 162 Å². The fourth-order valence-corrected chi connectivity index (χ4v) is 2.91. The van der Waals surface area contributed by atoms with E-state index in [1.165, 1.54) is 33.3 Å². The van der Waals surface area contributed by atoms with E-state index in [1.54, 1.807) is 18.3 Å². The number of nitrogens with zero attached hydrogens (tertiary/aromatic N) is 4. The molecule has 1 aliphatic heterocycles. The van der Waals surface area contributed by atoms with Gasteiger partial charge in [0.1, 0.15) is 11.6 Å². The van der Waals surface area contributed by atoms with Crippen LogP contribution in [0.25, 0.3) is 16.8 Å². The Bertz CT molecular complexity index is 1120. The minimum absolute atomic E-state index is 0.149. The Kier molecular flexibility index (Phi) is 4.74. The van der Waals surface area contributed by atoms with Crippen LogP contribution in [-0.4, -0.2) is 32.6 Å². The van der Waals surface area contributed by atoms with Gasteiger partial charge in [0.15, 0.2) is 11.9 Å². The van der Waals surface area contributed by atoms with Gasteiger partial charge in [0, 0.05) is 12.6 Å². The lowest BCUT2D eigenvalue weighted by Crippen LogP contribution is -2.28. The lowest BCUT2D eigenvalue weighted by atomic mass is 10.1. The van der Waals surface area contributed by atoms with Gasteiger partial charge >= 0.3 is 12.1 Å². The second kappa shape index (κ2) is 7.24. The van der Waals surface area contributed by atoms with Crippen molar-refractivity contribution < 1.29 is 22.7 Å². The highest BCUT2D eigenvalue weighted by atomic mass is 19.4. The average Bonchev–Trinajstić information content (AvgIpc) is 3.26. The highest BCUT2D eigenvalue weighted by Crippen LogP contribution is 2.26. The first-order valence-electron chi connectivity index (χ1n) is 8.76. The molecule has 1 aliphatic rings. The second-order valence-electron chi connectivity index (χ2n) is 6.29. The smallest absolute Gasteiger partial charge is 0.406 e. The fraction of sp³-hybridized carbons (Fsp3) is 0.278. The number of fused-ring (bicyclic) bond motifs is 1. The summed E-state index contributed by atoms with van der Waals surface area (Å²) in [4.78, 5) is 22.2. The van der Waals surface area contributed by atoms with E-state index in [2.05, 4.69) is 20.3 Å². The van der Waals surface area contributed by atoms with Crippen LogP contribution in [0.2, 0.25) is 0 Å². The summed E-state index contributed by atoms with van der Waals surface area (Å²) in [5, 5.41) is 4.26. The van der Waals surface area contributed by atoms with Crippen LogP contribution in [0.5, 0.6) is 5.75 Å². The van der Waals surface area contributed by atoms with Gasteiger partial charge in [0.05, 0.1) is 6.54 Å². The third kappa shape index (κ3) is 4.09. The monoisotopic (exact) mass is 407 g/mol. The fourth-order valence-electron chi connectivity index (χ4n) is 2.91. The molecule has 1 atom stereocenters. The molecule has 2 aromatic heterocycles. The zero-order valence-corrected chi connectivity index (χ0v) is 15.2. The topological polar surface area (TPSA) is 82.1 Å². The number of ether oxygens (including phenoxy) is 1. The van der Waals surface area contributed by atoms with Crippen LogP contribution in [0.3, 0.4) is 0 Å². The highest BCUT2D eigenvalue weighted by molar-refractivity contribution is 5.81. The molecule has 1 aromatic carbocycles. The van der Waals surface area contributed by atoms with Gasteiger partial charge in [-0.3, -0.25) is 5.48 Å². The molecule has 1 unspecified atom stereocenters. The van der Waals surface area contributed by atoms with E-state index in [0.29, 0.717) is 29.0 Å². The Hall–Kier alpha value is -3.34. The number of hydrogen-bond donors (Lipinski definition) is 1. The number of amidine groups is 1. The highest BCUT2D eigenvalue weighted by Gasteiger charge is 2.31. The van der Waals surface area contributed by atoms with Crippen LogP contribution >= 0.6 is 0 Å². The summed E-state index contributed by atoms with van der Waals surface area (Å²) in [5.74, 6) is 0.386. The maximum absolute atomic E-state index is 12.7. The van der Waals surface area contributed by atoms with Gasteiger partial charge < -0.3 is 4.74 Å². The number of nitrogens with one attached hydrogen (secondary N) is 1. The molecule has 0 bridgehead atoms.